The van der Waals surface area contributed by atoms with Gasteiger partial charge in [0.1, 0.15) is 0 Å². The Kier molecular flexibility index (Phi) is 21.6. The monoisotopic (exact) mass is 413 g/mol. The average Bonchev–Trinajstić information content (AvgIpc) is 2.71. The molecule has 0 aliphatic rings. The molecule has 4 nitrogen and oxygen atoms in total. The van der Waals surface area contributed by atoms with E-state index in [-0.39, 0.29) is 12.5 Å². The van der Waals surface area contributed by atoms with Gasteiger partial charge in [-0.3, -0.25) is 4.79 Å². The molecule has 0 fully saturated rings. The van der Waals surface area contributed by atoms with Gasteiger partial charge in [0.25, 0.3) is 0 Å². The molecule has 0 saturated heterocycles. The molecule has 2 unspecified atom stereocenters. The lowest BCUT2D eigenvalue weighted by molar-refractivity contribution is -0.123. The summed E-state index contributed by atoms with van der Waals surface area (Å²) >= 11 is 0. The van der Waals surface area contributed by atoms with E-state index < -0.39 is 12.1 Å². The molecule has 0 aromatic heterocycles. The van der Waals surface area contributed by atoms with Crippen LogP contribution in [-0.4, -0.2) is 34.9 Å². The third kappa shape index (κ3) is 19.1. The van der Waals surface area contributed by atoms with Crippen molar-refractivity contribution in [3.63, 3.8) is 0 Å². The Hall–Kier alpha value is -0.610. The van der Waals surface area contributed by atoms with Crippen LogP contribution < -0.4 is 5.32 Å². The number of aliphatic hydroxyl groups excluding tert-OH is 2. The zero-order valence-electron chi connectivity index (χ0n) is 19.6. The van der Waals surface area contributed by atoms with Crippen molar-refractivity contribution in [2.24, 2.45) is 0 Å². The van der Waals surface area contributed by atoms with E-state index in [2.05, 4.69) is 12.2 Å². The molecule has 1 amide bonds. The molecule has 0 bridgehead atoms. The van der Waals surface area contributed by atoms with E-state index in [1.807, 2.05) is 6.92 Å². The van der Waals surface area contributed by atoms with Crippen LogP contribution in [0.15, 0.2) is 0 Å². The third-order valence-electron chi connectivity index (χ3n) is 5.84. The van der Waals surface area contributed by atoms with E-state index in [0.29, 0.717) is 12.8 Å². The molecule has 0 aromatic rings. The maximum atomic E-state index is 11.6. The van der Waals surface area contributed by atoms with E-state index in [1.54, 1.807) is 0 Å². The van der Waals surface area contributed by atoms with Gasteiger partial charge in [0.15, 0.2) is 0 Å². The van der Waals surface area contributed by atoms with Gasteiger partial charge in [-0.05, 0) is 12.8 Å². The molecule has 0 aliphatic carbocycles. The van der Waals surface area contributed by atoms with Crippen LogP contribution in [0.5, 0.6) is 0 Å². The van der Waals surface area contributed by atoms with Crippen LogP contribution in [0.4, 0.5) is 0 Å². The number of hydrogen-bond acceptors (Lipinski definition) is 3. The van der Waals surface area contributed by atoms with Crippen molar-refractivity contribution in [1.82, 2.24) is 5.32 Å². The second-order valence-electron chi connectivity index (χ2n) is 8.77. The Bertz CT molecular complexity index is 349. The van der Waals surface area contributed by atoms with E-state index in [1.165, 1.54) is 89.9 Å². The molecule has 3 N–H and O–H groups in total. The number of nitrogens with one attached hydrogen (secondary N) is 1. The lowest BCUT2D eigenvalue weighted by Gasteiger charge is -2.22. The Balaban J connectivity index is 3.38. The Morgan fingerprint density at radius 3 is 1.48 bits per heavy atom. The first-order chi connectivity index (χ1) is 14.2. The summed E-state index contributed by atoms with van der Waals surface area (Å²) < 4.78 is 0. The van der Waals surface area contributed by atoms with Crippen molar-refractivity contribution in [3.8, 4) is 0 Å². The molecule has 0 aromatic carbocycles. The zero-order valence-corrected chi connectivity index (χ0v) is 19.6. The van der Waals surface area contributed by atoms with Crippen LogP contribution in [0.1, 0.15) is 136 Å². The first-order valence-corrected chi connectivity index (χ1v) is 12.7. The fourth-order valence-corrected chi connectivity index (χ4v) is 3.87. The quantitative estimate of drug-likeness (QED) is 0.183. The lowest BCUT2D eigenvalue weighted by atomic mass is 10.0. The molecule has 0 saturated carbocycles. The molecule has 29 heavy (non-hydrogen) atoms. The maximum Gasteiger partial charge on any atom is 0.220 e. The van der Waals surface area contributed by atoms with Crippen LogP contribution in [0.3, 0.4) is 0 Å². The summed E-state index contributed by atoms with van der Waals surface area (Å²) in [5.74, 6) is -0.0856. The SMILES string of the molecule is CCCCCCCCCCCCCCCCCCC(O)C(CO)NC(=O)CCC. The summed E-state index contributed by atoms with van der Waals surface area (Å²) in [6.45, 7) is 4.02. The lowest BCUT2D eigenvalue weighted by Crippen LogP contribution is -2.45. The first-order valence-electron chi connectivity index (χ1n) is 12.7. The van der Waals surface area contributed by atoms with Gasteiger partial charge in [-0.2, -0.15) is 0 Å². The minimum absolute atomic E-state index is 0.0856. The van der Waals surface area contributed by atoms with Gasteiger partial charge >= 0.3 is 0 Å². The summed E-state index contributed by atoms with van der Waals surface area (Å²) in [5.41, 5.74) is 0. The van der Waals surface area contributed by atoms with Crippen LogP contribution in [0.25, 0.3) is 0 Å². The Morgan fingerprint density at radius 1 is 0.690 bits per heavy atom. The largest absolute Gasteiger partial charge is 0.394 e. The third-order valence-corrected chi connectivity index (χ3v) is 5.84. The van der Waals surface area contributed by atoms with Gasteiger partial charge in [0.05, 0.1) is 18.8 Å². The number of amides is 1. The summed E-state index contributed by atoms with van der Waals surface area (Å²) in [6, 6.07) is -0.523. The molecule has 4 heteroatoms. The van der Waals surface area contributed by atoms with Gasteiger partial charge in [-0.25, -0.2) is 0 Å². The molecular weight excluding hydrogens is 362 g/mol. The number of carbonyl (C=O) groups is 1. The van der Waals surface area contributed by atoms with Crippen LogP contribution in [0, 0.1) is 0 Å². The van der Waals surface area contributed by atoms with E-state index in [4.69, 9.17) is 0 Å². The number of unbranched alkanes of at least 4 members (excludes halogenated alkanes) is 15. The smallest absolute Gasteiger partial charge is 0.220 e. The highest BCUT2D eigenvalue weighted by molar-refractivity contribution is 5.76. The van der Waals surface area contributed by atoms with Crippen molar-refractivity contribution in [2.75, 3.05) is 6.61 Å². The van der Waals surface area contributed by atoms with Crippen molar-refractivity contribution in [3.05, 3.63) is 0 Å². The summed E-state index contributed by atoms with van der Waals surface area (Å²) in [5, 5.41) is 22.3. The number of rotatable bonds is 22. The maximum absolute atomic E-state index is 11.6. The summed E-state index contributed by atoms with van der Waals surface area (Å²) in [4.78, 5) is 11.6. The highest BCUT2D eigenvalue weighted by atomic mass is 16.3. The molecular formula is C25H51NO3. The topological polar surface area (TPSA) is 69.6 Å². The predicted octanol–water partition coefficient (Wildman–Crippen LogP) is 6.28. The molecule has 0 radical (unpaired) electrons. The molecule has 0 spiro atoms. The zero-order chi connectivity index (χ0) is 21.6. The highest BCUT2D eigenvalue weighted by Crippen LogP contribution is 2.14. The highest BCUT2D eigenvalue weighted by Gasteiger charge is 2.19. The normalized spacial score (nSPS) is 13.4. The fraction of sp³-hybridized carbons (Fsp3) is 0.960. The molecule has 0 rings (SSSR count). The van der Waals surface area contributed by atoms with E-state index in [9.17, 15) is 15.0 Å². The minimum atomic E-state index is -0.646. The molecule has 0 aliphatic heterocycles. The Labute approximate surface area is 181 Å². The molecule has 174 valence electrons. The van der Waals surface area contributed by atoms with Gasteiger partial charge < -0.3 is 15.5 Å². The first kappa shape index (κ1) is 28.4. The predicted molar refractivity (Wildman–Crippen MR) is 124 cm³/mol. The molecule has 2 atom stereocenters. The second kappa shape index (κ2) is 22.1. The van der Waals surface area contributed by atoms with Gasteiger partial charge in [0.2, 0.25) is 5.91 Å². The van der Waals surface area contributed by atoms with Crippen molar-refractivity contribution in [1.29, 1.82) is 0 Å². The van der Waals surface area contributed by atoms with Crippen LogP contribution in [-0.2, 0) is 4.79 Å². The van der Waals surface area contributed by atoms with Crippen LogP contribution in [0.2, 0.25) is 0 Å². The Morgan fingerprint density at radius 2 is 1.10 bits per heavy atom. The number of hydrogen-bond donors (Lipinski definition) is 3. The van der Waals surface area contributed by atoms with Gasteiger partial charge in [0, 0.05) is 6.42 Å². The summed E-state index contributed by atoms with van der Waals surface area (Å²) in [6.07, 6.45) is 22.5. The van der Waals surface area contributed by atoms with Crippen molar-refractivity contribution >= 4 is 5.91 Å². The fourth-order valence-electron chi connectivity index (χ4n) is 3.87. The van der Waals surface area contributed by atoms with Gasteiger partial charge in [-0.15, -0.1) is 0 Å². The van der Waals surface area contributed by atoms with Crippen molar-refractivity contribution < 1.29 is 15.0 Å². The second-order valence-corrected chi connectivity index (χ2v) is 8.77. The van der Waals surface area contributed by atoms with E-state index >= 15 is 0 Å². The van der Waals surface area contributed by atoms with E-state index in [0.717, 1.165) is 19.3 Å². The number of carbonyl (C=O) groups excluding carboxylic acids is 1. The standard InChI is InChI=1S/C25H51NO3/c1-3-5-6-7-8-9-10-11-12-13-14-15-16-17-18-19-21-24(28)23(22-27)26-25(29)20-4-2/h23-24,27-28H,3-22H2,1-2H3,(H,26,29). The summed E-state index contributed by atoms with van der Waals surface area (Å²) in [7, 11) is 0. The average molecular weight is 414 g/mol. The minimum Gasteiger partial charge on any atom is -0.394 e. The molecule has 0 heterocycles. The number of aliphatic hydroxyl groups is 2. The van der Waals surface area contributed by atoms with Crippen LogP contribution >= 0.6 is 0 Å². The van der Waals surface area contributed by atoms with Crippen molar-refractivity contribution in [2.45, 2.75) is 148 Å². The van der Waals surface area contributed by atoms with Gasteiger partial charge in [-0.1, -0.05) is 117 Å².